The molecule has 0 saturated carbocycles. The molecule has 2 nitrogen and oxygen atoms in total. The van der Waals surface area contributed by atoms with Gasteiger partial charge in [-0.1, -0.05) is 12.1 Å². The Bertz CT molecular complexity index is 284. The van der Waals surface area contributed by atoms with E-state index in [1.807, 2.05) is 13.0 Å². The zero-order valence-electron chi connectivity index (χ0n) is 9.99. The number of benzene rings is 1. The van der Waals surface area contributed by atoms with Crippen molar-refractivity contribution in [1.29, 1.82) is 0 Å². The van der Waals surface area contributed by atoms with Crippen molar-refractivity contribution in [2.45, 2.75) is 19.8 Å². The van der Waals surface area contributed by atoms with Gasteiger partial charge in [0.1, 0.15) is 5.75 Å². The van der Waals surface area contributed by atoms with Gasteiger partial charge >= 0.3 is 0 Å². The Morgan fingerprint density at radius 2 is 2.07 bits per heavy atom. The molecule has 0 aromatic heterocycles. The van der Waals surface area contributed by atoms with Gasteiger partial charge in [-0.25, -0.2) is 0 Å². The molecule has 0 saturated heterocycles. The minimum Gasteiger partial charge on any atom is -0.494 e. The highest BCUT2D eigenvalue weighted by atomic mass is 16.5. The molecule has 0 bridgehead atoms. The van der Waals surface area contributed by atoms with Gasteiger partial charge in [-0.05, 0) is 58.1 Å². The lowest BCUT2D eigenvalue weighted by molar-refractivity contribution is 0.339. The highest BCUT2D eigenvalue weighted by Gasteiger charge is 1.97. The number of nitrogens with zero attached hydrogens (tertiary/aromatic N) is 1. The first-order valence-corrected chi connectivity index (χ1v) is 5.59. The maximum absolute atomic E-state index is 5.46. The summed E-state index contributed by atoms with van der Waals surface area (Å²) in [5.41, 5.74) is 1.36. The topological polar surface area (TPSA) is 12.5 Å². The third-order valence-electron chi connectivity index (χ3n) is 2.28. The Kier molecular flexibility index (Phi) is 5.19. The van der Waals surface area contributed by atoms with Crippen molar-refractivity contribution in [3.05, 3.63) is 29.8 Å². The molecule has 0 unspecified atom stereocenters. The third kappa shape index (κ3) is 4.84. The first-order valence-electron chi connectivity index (χ1n) is 5.59. The summed E-state index contributed by atoms with van der Waals surface area (Å²) in [4.78, 5) is 2.21. The van der Waals surface area contributed by atoms with Gasteiger partial charge in [0.05, 0.1) is 6.61 Å². The smallest absolute Gasteiger partial charge is 0.119 e. The third-order valence-corrected chi connectivity index (χ3v) is 2.28. The minimum atomic E-state index is 0.737. The summed E-state index contributed by atoms with van der Waals surface area (Å²) in [6.45, 7) is 3.89. The van der Waals surface area contributed by atoms with Crippen LogP contribution in [0.3, 0.4) is 0 Å². The van der Waals surface area contributed by atoms with Crippen molar-refractivity contribution >= 4 is 0 Å². The summed E-state index contributed by atoms with van der Waals surface area (Å²) in [7, 11) is 4.22. The molecule has 84 valence electrons. The van der Waals surface area contributed by atoms with Crippen molar-refractivity contribution < 1.29 is 4.74 Å². The standard InChI is InChI=1S/C13H21NO/c1-4-15-13-9-5-7-12(11-13)8-6-10-14(2)3/h5,7,9,11H,4,6,8,10H2,1-3H3. The van der Waals surface area contributed by atoms with Crippen LogP contribution < -0.4 is 4.74 Å². The Hall–Kier alpha value is -1.02. The molecule has 2 heteroatoms. The lowest BCUT2D eigenvalue weighted by atomic mass is 10.1. The van der Waals surface area contributed by atoms with Gasteiger partial charge in [0.15, 0.2) is 0 Å². The van der Waals surface area contributed by atoms with Crippen molar-refractivity contribution in [3.8, 4) is 5.75 Å². The molecule has 15 heavy (non-hydrogen) atoms. The van der Waals surface area contributed by atoms with Gasteiger partial charge in [-0.15, -0.1) is 0 Å². The second-order valence-electron chi connectivity index (χ2n) is 3.99. The Labute approximate surface area is 92.9 Å². The Balaban J connectivity index is 2.43. The molecule has 1 aromatic rings. The summed E-state index contributed by atoms with van der Waals surface area (Å²) in [5.74, 6) is 0.986. The summed E-state index contributed by atoms with van der Waals surface area (Å²) in [6.07, 6.45) is 2.32. The highest BCUT2D eigenvalue weighted by Crippen LogP contribution is 2.14. The molecular weight excluding hydrogens is 186 g/mol. The van der Waals surface area contributed by atoms with Gasteiger partial charge in [0.25, 0.3) is 0 Å². The van der Waals surface area contributed by atoms with Crippen LogP contribution >= 0.6 is 0 Å². The largest absolute Gasteiger partial charge is 0.494 e. The van der Waals surface area contributed by atoms with Crippen LogP contribution in [-0.2, 0) is 6.42 Å². The molecule has 1 aromatic carbocycles. The molecular formula is C13H21NO. The summed E-state index contributed by atoms with van der Waals surface area (Å²) in [6, 6.07) is 8.38. The van der Waals surface area contributed by atoms with E-state index in [0.29, 0.717) is 0 Å². The van der Waals surface area contributed by atoms with Crippen LogP contribution in [0.4, 0.5) is 0 Å². The van der Waals surface area contributed by atoms with Crippen LogP contribution in [0, 0.1) is 0 Å². The normalized spacial score (nSPS) is 10.7. The van der Waals surface area contributed by atoms with E-state index in [4.69, 9.17) is 4.74 Å². The molecule has 0 amide bonds. The number of hydrogen-bond acceptors (Lipinski definition) is 2. The van der Waals surface area contributed by atoms with Crippen molar-refractivity contribution in [3.63, 3.8) is 0 Å². The molecule has 0 aliphatic rings. The van der Waals surface area contributed by atoms with Crippen molar-refractivity contribution in [2.24, 2.45) is 0 Å². The van der Waals surface area contributed by atoms with Crippen LogP contribution in [0.25, 0.3) is 0 Å². The van der Waals surface area contributed by atoms with E-state index in [1.165, 1.54) is 12.0 Å². The quantitative estimate of drug-likeness (QED) is 0.711. The maximum Gasteiger partial charge on any atom is 0.119 e. The van der Waals surface area contributed by atoms with E-state index in [9.17, 15) is 0 Å². The number of ether oxygens (including phenoxy) is 1. The van der Waals surface area contributed by atoms with E-state index in [1.54, 1.807) is 0 Å². The summed E-state index contributed by atoms with van der Waals surface area (Å²) < 4.78 is 5.46. The fourth-order valence-electron chi connectivity index (χ4n) is 1.56. The highest BCUT2D eigenvalue weighted by molar-refractivity contribution is 5.28. The predicted molar refractivity (Wildman–Crippen MR) is 64.5 cm³/mol. The van der Waals surface area contributed by atoms with Gasteiger partial charge in [-0.2, -0.15) is 0 Å². The van der Waals surface area contributed by atoms with Gasteiger partial charge in [0.2, 0.25) is 0 Å². The van der Waals surface area contributed by atoms with Crippen LogP contribution in [-0.4, -0.2) is 32.1 Å². The Morgan fingerprint density at radius 1 is 1.27 bits per heavy atom. The molecule has 0 N–H and O–H groups in total. The first-order chi connectivity index (χ1) is 7.22. The first kappa shape index (κ1) is 12.1. The number of hydrogen-bond donors (Lipinski definition) is 0. The fraction of sp³-hybridized carbons (Fsp3) is 0.538. The molecule has 0 spiro atoms. The minimum absolute atomic E-state index is 0.737. The van der Waals surface area contributed by atoms with Crippen LogP contribution in [0.1, 0.15) is 18.9 Å². The van der Waals surface area contributed by atoms with E-state index in [-0.39, 0.29) is 0 Å². The molecule has 0 radical (unpaired) electrons. The predicted octanol–water partition coefficient (Wildman–Crippen LogP) is 2.58. The second kappa shape index (κ2) is 6.46. The van der Waals surface area contributed by atoms with Gasteiger partial charge < -0.3 is 9.64 Å². The summed E-state index contributed by atoms with van der Waals surface area (Å²) >= 11 is 0. The second-order valence-corrected chi connectivity index (χ2v) is 3.99. The molecule has 0 heterocycles. The van der Waals surface area contributed by atoms with E-state index >= 15 is 0 Å². The zero-order chi connectivity index (χ0) is 11.1. The summed E-state index contributed by atoms with van der Waals surface area (Å²) in [5, 5.41) is 0. The van der Waals surface area contributed by atoms with Crippen molar-refractivity contribution in [2.75, 3.05) is 27.2 Å². The maximum atomic E-state index is 5.46. The molecule has 1 rings (SSSR count). The van der Waals surface area contributed by atoms with Crippen LogP contribution in [0.5, 0.6) is 5.75 Å². The average molecular weight is 207 g/mol. The lowest BCUT2D eigenvalue weighted by Crippen LogP contribution is -2.13. The fourth-order valence-corrected chi connectivity index (χ4v) is 1.56. The zero-order valence-corrected chi connectivity index (χ0v) is 9.99. The van der Waals surface area contributed by atoms with Crippen LogP contribution in [0.2, 0.25) is 0 Å². The van der Waals surface area contributed by atoms with Gasteiger partial charge in [0, 0.05) is 0 Å². The van der Waals surface area contributed by atoms with Crippen LogP contribution in [0.15, 0.2) is 24.3 Å². The molecule has 0 atom stereocenters. The SMILES string of the molecule is CCOc1cccc(CCCN(C)C)c1. The van der Waals surface area contributed by atoms with E-state index in [2.05, 4.69) is 37.2 Å². The average Bonchev–Trinajstić information content (AvgIpc) is 2.18. The van der Waals surface area contributed by atoms with Gasteiger partial charge in [-0.3, -0.25) is 0 Å². The number of aryl methyl sites for hydroxylation is 1. The van der Waals surface area contributed by atoms with E-state index in [0.717, 1.165) is 25.3 Å². The lowest BCUT2D eigenvalue weighted by Gasteiger charge is -2.09. The van der Waals surface area contributed by atoms with Crippen molar-refractivity contribution in [1.82, 2.24) is 4.90 Å². The van der Waals surface area contributed by atoms with E-state index < -0.39 is 0 Å². The number of rotatable bonds is 6. The molecule has 0 aliphatic heterocycles. The monoisotopic (exact) mass is 207 g/mol. The Morgan fingerprint density at radius 3 is 2.73 bits per heavy atom. The molecule has 0 aliphatic carbocycles. The molecule has 0 fully saturated rings.